The number of amides is 1. The van der Waals surface area contributed by atoms with Crippen LogP contribution in [0, 0.1) is 3.57 Å². The molecule has 0 radical (unpaired) electrons. The maximum atomic E-state index is 12.8. The molecule has 0 saturated heterocycles. The predicted octanol–water partition coefficient (Wildman–Crippen LogP) is 7.87. The van der Waals surface area contributed by atoms with E-state index in [4.69, 9.17) is 27.6 Å². The number of thiophene rings is 1. The number of hydrogen-bond acceptors (Lipinski definition) is 4. The molecule has 30 heavy (non-hydrogen) atoms. The van der Waals surface area contributed by atoms with Crippen LogP contribution < -0.4 is 5.32 Å². The van der Waals surface area contributed by atoms with E-state index < -0.39 is 0 Å². The summed E-state index contributed by atoms with van der Waals surface area (Å²) < 4.78 is 7.83. The van der Waals surface area contributed by atoms with Crippen molar-refractivity contribution < 1.29 is 9.21 Å². The molecule has 0 fully saturated rings. The van der Waals surface area contributed by atoms with E-state index in [2.05, 4.69) is 32.9 Å². The van der Waals surface area contributed by atoms with E-state index in [9.17, 15) is 4.79 Å². The number of halogens is 3. The Morgan fingerprint density at radius 3 is 2.77 bits per heavy atom. The van der Waals surface area contributed by atoms with Gasteiger partial charge in [0.1, 0.15) is 10.4 Å². The molecule has 0 unspecified atom stereocenters. The van der Waals surface area contributed by atoms with Gasteiger partial charge in [-0.2, -0.15) is 0 Å². The largest absolute Gasteiger partial charge is 0.436 e. The summed E-state index contributed by atoms with van der Waals surface area (Å²) in [6.07, 6.45) is 0. The molecule has 0 spiro atoms. The number of fused-ring (bicyclic) bond motifs is 2. The van der Waals surface area contributed by atoms with E-state index in [-0.39, 0.29) is 5.91 Å². The van der Waals surface area contributed by atoms with Crippen molar-refractivity contribution in [2.45, 2.75) is 0 Å². The Morgan fingerprint density at radius 1 is 1.07 bits per heavy atom. The van der Waals surface area contributed by atoms with Gasteiger partial charge in [0, 0.05) is 29.9 Å². The first kappa shape index (κ1) is 19.8. The molecular formula is C22H11Cl2IN2O2S. The van der Waals surface area contributed by atoms with Crippen molar-refractivity contribution in [3.8, 4) is 11.5 Å². The number of nitrogens with zero attached hydrogens (tertiary/aromatic N) is 1. The smallest absolute Gasteiger partial charge is 0.267 e. The molecule has 0 saturated carbocycles. The van der Waals surface area contributed by atoms with Gasteiger partial charge >= 0.3 is 0 Å². The standard InChI is InChI=1S/C22H11Cl2IN2O2S/c23-12-4-6-15-18(9-12)30-20(19(15)24)21(28)26-14-5-7-17-16(10-14)27-22(29-17)11-2-1-3-13(25)8-11/h1-10H,(H,26,28). The zero-order valence-corrected chi connectivity index (χ0v) is 19.6. The van der Waals surface area contributed by atoms with Crippen LogP contribution in [0.2, 0.25) is 10.0 Å². The third-order valence-corrected chi connectivity index (χ3v) is 7.08. The van der Waals surface area contributed by atoms with Crippen molar-refractivity contribution >= 4 is 89.9 Å². The maximum Gasteiger partial charge on any atom is 0.267 e. The van der Waals surface area contributed by atoms with Gasteiger partial charge in [-0.1, -0.05) is 35.3 Å². The average molecular weight is 565 g/mol. The molecule has 5 aromatic rings. The zero-order chi connectivity index (χ0) is 20.8. The predicted molar refractivity (Wildman–Crippen MR) is 132 cm³/mol. The summed E-state index contributed by atoms with van der Waals surface area (Å²) in [5.41, 5.74) is 2.83. The van der Waals surface area contributed by atoms with Crippen LogP contribution in [0.3, 0.4) is 0 Å². The number of rotatable bonds is 3. The first-order valence-corrected chi connectivity index (χ1v) is 11.5. The molecule has 2 aromatic heterocycles. The van der Waals surface area contributed by atoms with E-state index in [1.807, 2.05) is 30.3 Å². The maximum absolute atomic E-state index is 12.8. The van der Waals surface area contributed by atoms with Crippen molar-refractivity contribution in [2.75, 3.05) is 5.32 Å². The lowest BCUT2D eigenvalue weighted by molar-refractivity contribution is 0.103. The first-order chi connectivity index (χ1) is 14.5. The second kappa shape index (κ2) is 7.85. The van der Waals surface area contributed by atoms with Crippen molar-refractivity contribution in [1.29, 1.82) is 0 Å². The fourth-order valence-electron chi connectivity index (χ4n) is 3.12. The van der Waals surface area contributed by atoms with Gasteiger partial charge in [-0.15, -0.1) is 11.3 Å². The molecule has 0 atom stereocenters. The minimum atomic E-state index is -0.280. The molecule has 0 bridgehead atoms. The van der Waals surface area contributed by atoms with Gasteiger partial charge in [-0.25, -0.2) is 4.98 Å². The lowest BCUT2D eigenvalue weighted by atomic mass is 10.2. The van der Waals surface area contributed by atoms with Crippen molar-refractivity contribution in [1.82, 2.24) is 4.98 Å². The number of carbonyl (C=O) groups is 1. The molecule has 5 rings (SSSR count). The molecule has 8 heteroatoms. The Labute approximate surface area is 199 Å². The minimum absolute atomic E-state index is 0.280. The zero-order valence-electron chi connectivity index (χ0n) is 15.1. The number of nitrogens with one attached hydrogen (secondary N) is 1. The van der Waals surface area contributed by atoms with Crippen molar-refractivity contribution in [2.24, 2.45) is 0 Å². The second-order valence-corrected chi connectivity index (χ2v) is 9.66. The Kier molecular flexibility index (Phi) is 5.18. The lowest BCUT2D eigenvalue weighted by Gasteiger charge is -2.03. The highest BCUT2D eigenvalue weighted by molar-refractivity contribution is 14.1. The number of oxazole rings is 1. The van der Waals surface area contributed by atoms with Gasteiger partial charge < -0.3 is 9.73 Å². The summed E-state index contributed by atoms with van der Waals surface area (Å²) in [5.74, 6) is 0.259. The summed E-state index contributed by atoms with van der Waals surface area (Å²) >= 11 is 16.0. The molecule has 3 aromatic carbocycles. The number of aromatic nitrogens is 1. The molecule has 0 aliphatic heterocycles. The van der Waals surface area contributed by atoms with Crippen LogP contribution in [0.25, 0.3) is 32.6 Å². The van der Waals surface area contributed by atoms with Gasteiger partial charge in [-0.05, 0) is 71.1 Å². The summed E-state index contributed by atoms with van der Waals surface area (Å²) in [6.45, 7) is 0. The average Bonchev–Trinajstić information content (AvgIpc) is 3.28. The molecule has 0 aliphatic carbocycles. The van der Waals surface area contributed by atoms with Gasteiger partial charge in [-0.3, -0.25) is 4.79 Å². The van der Waals surface area contributed by atoms with Crippen molar-refractivity contribution in [3.05, 3.63) is 79.2 Å². The SMILES string of the molecule is O=C(Nc1ccc2oc(-c3cccc(I)c3)nc2c1)c1sc2cc(Cl)ccc2c1Cl. The van der Waals surface area contributed by atoms with Crippen LogP contribution in [-0.2, 0) is 0 Å². The van der Waals surface area contributed by atoms with E-state index in [0.717, 1.165) is 19.2 Å². The number of hydrogen-bond donors (Lipinski definition) is 1. The van der Waals surface area contributed by atoms with Crippen LogP contribution in [0.15, 0.2) is 65.1 Å². The van der Waals surface area contributed by atoms with Crippen LogP contribution in [-0.4, -0.2) is 10.9 Å². The molecule has 148 valence electrons. The van der Waals surface area contributed by atoms with Gasteiger partial charge in [0.05, 0.1) is 5.02 Å². The van der Waals surface area contributed by atoms with Crippen LogP contribution in [0.4, 0.5) is 5.69 Å². The summed E-state index contributed by atoms with van der Waals surface area (Å²) in [5, 5.41) is 4.73. The Balaban J connectivity index is 1.45. The van der Waals surface area contributed by atoms with Crippen LogP contribution in [0.1, 0.15) is 9.67 Å². The first-order valence-electron chi connectivity index (χ1n) is 8.83. The topological polar surface area (TPSA) is 55.1 Å². The van der Waals surface area contributed by atoms with Gasteiger partial charge in [0.25, 0.3) is 5.91 Å². The number of anilines is 1. The second-order valence-electron chi connectivity index (χ2n) is 6.55. The highest BCUT2D eigenvalue weighted by Crippen LogP contribution is 2.37. The van der Waals surface area contributed by atoms with E-state index in [1.165, 1.54) is 11.3 Å². The number of carbonyl (C=O) groups excluding carboxylic acids is 1. The number of benzene rings is 3. The van der Waals surface area contributed by atoms with Crippen LogP contribution in [0.5, 0.6) is 0 Å². The molecule has 1 N–H and O–H groups in total. The normalized spacial score (nSPS) is 11.3. The third-order valence-electron chi connectivity index (χ3n) is 4.51. The Hall–Kier alpha value is -2.13. The van der Waals surface area contributed by atoms with E-state index >= 15 is 0 Å². The van der Waals surface area contributed by atoms with Gasteiger partial charge in [0.15, 0.2) is 5.58 Å². The molecule has 4 nitrogen and oxygen atoms in total. The molecule has 1 amide bonds. The fourth-order valence-corrected chi connectivity index (χ4v) is 5.35. The summed E-state index contributed by atoms with van der Waals surface area (Å²) in [6, 6.07) is 18.7. The third kappa shape index (κ3) is 3.69. The Morgan fingerprint density at radius 2 is 1.93 bits per heavy atom. The monoisotopic (exact) mass is 564 g/mol. The molecular weight excluding hydrogens is 554 g/mol. The fraction of sp³-hybridized carbons (Fsp3) is 0. The van der Waals surface area contributed by atoms with E-state index in [1.54, 1.807) is 30.3 Å². The quantitative estimate of drug-likeness (QED) is 0.227. The van der Waals surface area contributed by atoms with Gasteiger partial charge in [0.2, 0.25) is 5.89 Å². The van der Waals surface area contributed by atoms with E-state index in [0.29, 0.717) is 37.6 Å². The minimum Gasteiger partial charge on any atom is -0.436 e. The molecule has 2 heterocycles. The summed E-state index contributed by atoms with van der Waals surface area (Å²) in [7, 11) is 0. The van der Waals surface area contributed by atoms with Crippen LogP contribution >= 0.6 is 57.1 Å². The summed E-state index contributed by atoms with van der Waals surface area (Å²) in [4.78, 5) is 17.8. The van der Waals surface area contributed by atoms with Crippen molar-refractivity contribution in [3.63, 3.8) is 0 Å². The highest BCUT2D eigenvalue weighted by Gasteiger charge is 2.18. The Bertz CT molecular complexity index is 1440. The highest BCUT2D eigenvalue weighted by atomic mass is 127. The lowest BCUT2D eigenvalue weighted by Crippen LogP contribution is -2.10. The molecule has 0 aliphatic rings.